The summed E-state index contributed by atoms with van der Waals surface area (Å²) in [6, 6.07) is 9.06. The number of aromatic carboxylic acids is 1. The Hall–Kier alpha value is -4.38. The number of fused-ring (bicyclic) bond motifs is 2. The Morgan fingerprint density at radius 3 is 2.82 bits per heavy atom. The van der Waals surface area contributed by atoms with Crippen molar-refractivity contribution in [1.82, 2.24) is 14.5 Å². The second kappa shape index (κ2) is 9.42. The van der Waals surface area contributed by atoms with E-state index in [1.807, 2.05) is 4.90 Å². The van der Waals surface area contributed by atoms with Gasteiger partial charge in [0.05, 0.1) is 30.0 Å². The van der Waals surface area contributed by atoms with E-state index in [-0.39, 0.29) is 35.8 Å². The average Bonchev–Trinajstić information content (AvgIpc) is 3.58. The molecule has 3 atom stereocenters. The minimum Gasteiger partial charge on any atom is -0.481 e. The molecule has 2 aliphatic rings. The number of carboxylic acids is 1. The Morgan fingerprint density at radius 1 is 1.26 bits per heavy atom. The minimum atomic E-state index is -1.41. The Labute approximate surface area is 226 Å². The van der Waals surface area contributed by atoms with Crippen molar-refractivity contribution < 1.29 is 23.8 Å². The first kappa shape index (κ1) is 24.9. The molecule has 0 spiro atoms. The molecular formula is C27H23ClFN5O5. The van der Waals surface area contributed by atoms with Crippen LogP contribution in [0.1, 0.15) is 23.2 Å². The number of methoxy groups -OCH3 is 1. The number of piperidine rings is 1. The predicted octanol–water partition coefficient (Wildman–Crippen LogP) is 3.91. The molecule has 3 N–H and O–H groups in total. The van der Waals surface area contributed by atoms with E-state index in [1.54, 1.807) is 30.3 Å². The second-order valence-electron chi connectivity index (χ2n) is 9.62. The predicted molar refractivity (Wildman–Crippen MR) is 143 cm³/mol. The summed E-state index contributed by atoms with van der Waals surface area (Å²) in [5.41, 5.74) is 5.73. The Balaban J connectivity index is 1.43. The highest BCUT2D eigenvalue weighted by Gasteiger charge is 2.53. The van der Waals surface area contributed by atoms with Crippen molar-refractivity contribution >= 4 is 40.0 Å². The van der Waals surface area contributed by atoms with Gasteiger partial charge in [0.1, 0.15) is 28.8 Å². The highest BCUT2D eigenvalue weighted by molar-refractivity contribution is 6.31. The number of nitrogens with two attached hydrogens (primary N) is 1. The van der Waals surface area contributed by atoms with Crippen molar-refractivity contribution in [2.45, 2.75) is 24.9 Å². The lowest BCUT2D eigenvalue weighted by Crippen LogP contribution is -2.38. The number of carbonyl (C=O) groups is 1. The first-order valence-electron chi connectivity index (χ1n) is 12.2. The van der Waals surface area contributed by atoms with Gasteiger partial charge in [-0.25, -0.2) is 14.2 Å². The molecule has 1 aliphatic carbocycles. The monoisotopic (exact) mass is 551 g/mol. The summed E-state index contributed by atoms with van der Waals surface area (Å²) in [6.07, 6.45) is 4.40. The number of anilines is 2. The number of pyridine rings is 3. The van der Waals surface area contributed by atoms with Crippen LogP contribution in [0.15, 0.2) is 53.6 Å². The van der Waals surface area contributed by atoms with Crippen molar-refractivity contribution in [3.63, 3.8) is 0 Å². The van der Waals surface area contributed by atoms with Crippen LogP contribution in [0, 0.1) is 11.7 Å². The summed E-state index contributed by atoms with van der Waals surface area (Å²) in [7, 11) is 1.49. The summed E-state index contributed by atoms with van der Waals surface area (Å²) in [5.74, 6) is -0.861. The van der Waals surface area contributed by atoms with Crippen LogP contribution in [0.3, 0.4) is 0 Å². The van der Waals surface area contributed by atoms with Crippen LogP contribution in [-0.2, 0) is 0 Å². The van der Waals surface area contributed by atoms with E-state index < -0.39 is 22.8 Å². The number of nitrogen functional groups attached to an aromatic ring is 1. The highest BCUT2D eigenvalue weighted by atomic mass is 35.5. The molecule has 1 aromatic carbocycles. The molecule has 1 aliphatic heterocycles. The van der Waals surface area contributed by atoms with E-state index in [9.17, 15) is 14.7 Å². The lowest BCUT2D eigenvalue weighted by atomic mass is 10.1. The lowest BCUT2D eigenvalue weighted by molar-refractivity contribution is 0.0695. The number of rotatable bonds is 7. The quantitative estimate of drug-likeness (QED) is 0.351. The number of ether oxygens (including phenoxy) is 2. The largest absolute Gasteiger partial charge is 0.481 e. The number of nitrogens with zero attached hydrogens (tertiary/aromatic N) is 4. The maximum absolute atomic E-state index is 15.7. The molecule has 39 heavy (non-hydrogen) atoms. The van der Waals surface area contributed by atoms with Crippen LogP contribution in [0.2, 0.25) is 5.02 Å². The van der Waals surface area contributed by atoms with E-state index in [4.69, 9.17) is 26.8 Å². The van der Waals surface area contributed by atoms with Crippen LogP contribution >= 0.6 is 11.6 Å². The van der Waals surface area contributed by atoms with E-state index >= 15 is 4.39 Å². The lowest BCUT2D eigenvalue weighted by Gasteiger charge is -2.30. The summed E-state index contributed by atoms with van der Waals surface area (Å²) in [6.45, 7) is 0.204. The SMILES string of the molecule is COc1ccc(Cl)c(OC[C@@H]2C[C@H]3C[C@H]3N2c2cc3c(cc2F)c(=O)c(C(=O)O)cn3-c2ccnc(N)c2)n1. The fraction of sp³-hybridized carbons (Fsp3) is 0.259. The average molecular weight is 552 g/mol. The van der Waals surface area contributed by atoms with Gasteiger partial charge in [0, 0.05) is 36.0 Å². The van der Waals surface area contributed by atoms with Crippen LogP contribution < -0.4 is 25.5 Å². The zero-order valence-electron chi connectivity index (χ0n) is 20.7. The third kappa shape index (κ3) is 4.38. The zero-order valence-corrected chi connectivity index (χ0v) is 21.4. The Morgan fingerprint density at radius 2 is 2.08 bits per heavy atom. The number of aromatic nitrogens is 3. The molecule has 1 saturated heterocycles. The zero-order chi connectivity index (χ0) is 27.4. The number of benzene rings is 1. The van der Waals surface area contributed by atoms with Gasteiger partial charge in [-0.05, 0) is 43.0 Å². The molecule has 200 valence electrons. The molecule has 6 rings (SSSR count). The van der Waals surface area contributed by atoms with Crippen LogP contribution in [0.25, 0.3) is 16.6 Å². The van der Waals surface area contributed by atoms with E-state index in [1.165, 1.54) is 24.1 Å². The summed E-state index contributed by atoms with van der Waals surface area (Å²) < 4.78 is 28.3. The fourth-order valence-electron chi connectivity index (χ4n) is 5.36. The first-order valence-corrected chi connectivity index (χ1v) is 12.6. The van der Waals surface area contributed by atoms with Gasteiger partial charge in [0.25, 0.3) is 0 Å². The standard InChI is InChI=1S/C27H23ClFN5O5/c1-38-24-3-2-18(28)26(32-24)39-12-15-6-13-7-20(13)34(15)22-10-21-16(9-19(22)29)25(35)17(27(36)37)11-33(21)14-4-5-31-23(30)8-14/h2-5,8-11,13,15,20H,6-7,12H2,1H3,(H2,30,31)(H,36,37)/t13-,15-,20+/m0/s1. The van der Waals surface area contributed by atoms with Crippen molar-refractivity contribution in [1.29, 1.82) is 0 Å². The van der Waals surface area contributed by atoms with Gasteiger partial charge >= 0.3 is 5.97 Å². The van der Waals surface area contributed by atoms with Gasteiger partial charge in [-0.2, -0.15) is 4.98 Å². The van der Waals surface area contributed by atoms with Crippen LogP contribution in [-0.4, -0.2) is 51.4 Å². The van der Waals surface area contributed by atoms with Crippen LogP contribution in [0.4, 0.5) is 15.9 Å². The normalized spacial score (nSPS) is 19.7. The Kier molecular flexibility index (Phi) is 6.02. The van der Waals surface area contributed by atoms with E-state index in [0.717, 1.165) is 18.9 Å². The molecule has 12 heteroatoms. The summed E-state index contributed by atoms with van der Waals surface area (Å²) in [4.78, 5) is 35.1. The molecule has 2 fully saturated rings. The van der Waals surface area contributed by atoms with Gasteiger partial charge in [0.15, 0.2) is 0 Å². The molecule has 0 amide bonds. The van der Waals surface area contributed by atoms with Crippen molar-refractivity contribution in [3.8, 4) is 17.4 Å². The smallest absolute Gasteiger partial charge is 0.341 e. The molecule has 1 saturated carbocycles. The van der Waals surface area contributed by atoms with Gasteiger partial charge in [0.2, 0.25) is 17.2 Å². The third-order valence-electron chi connectivity index (χ3n) is 7.24. The molecule has 4 aromatic rings. The maximum Gasteiger partial charge on any atom is 0.341 e. The summed E-state index contributed by atoms with van der Waals surface area (Å²) >= 11 is 6.25. The topological polar surface area (TPSA) is 133 Å². The van der Waals surface area contributed by atoms with Gasteiger partial charge in [-0.1, -0.05) is 11.6 Å². The summed E-state index contributed by atoms with van der Waals surface area (Å²) in [5, 5.41) is 9.91. The Bertz CT molecular complexity index is 1700. The molecule has 3 aromatic heterocycles. The molecule has 0 bridgehead atoms. The number of hydrogen-bond acceptors (Lipinski definition) is 8. The number of halogens is 2. The van der Waals surface area contributed by atoms with Gasteiger partial charge < -0.3 is 29.8 Å². The molecule has 4 heterocycles. The van der Waals surface area contributed by atoms with Crippen LogP contribution in [0.5, 0.6) is 11.8 Å². The molecule has 10 nitrogen and oxygen atoms in total. The van der Waals surface area contributed by atoms with Crippen molar-refractivity contribution in [3.05, 3.63) is 75.4 Å². The molecule has 0 unspecified atom stereocenters. The fourth-order valence-corrected chi connectivity index (χ4v) is 5.52. The van der Waals surface area contributed by atoms with Crippen molar-refractivity contribution in [2.75, 3.05) is 24.4 Å². The third-order valence-corrected chi connectivity index (χ3v) is 7.53. The molecule has 0 radical (unpaired) electrons. The van der Waals surface area contributed by atoms with Crippen molar-refractivity contribution in [2.24, 2.45) is 5.92 Å². The number of carboxylic acid groups (broad SMARTS) is 1. The highest BCUT2D eigenvalue weighted by Crippen LogP contribution is 2.50. The maximum atomic E-state index is 15.7. The first-order chi connectivity index (χ1) is 18.7. The number of hydrogen-bond donors (Lipinski definition) is 2. The second-order valence-corrected chi connectivity index (χ2v) is 10.0. The minimum absolute atomic E-state index is 0.0572. The molecular weight excluding hydrogens is 529 g/mol. The van der Waals surface area contributed by atoms with E-state index in [2.05, 4.69) is 9.97 Å². The van der Waals surface area contributed by atoms with Gasteiger partial charge in [-0.3, -0.25) is 4.79 Å². The van der Waals surface area contributed by atoms with E-state index in [0.29, 0.717) is 33.7 Å². The van der Waals surface area contributed by atoms with Gasteiger partial charge in [-0.15, -0.1) is 0 Å².